The van der Waals surface area contributed by atoms with Crippen molar-refractivity contribution in [1.29, 1.82) is 0 Å². The Labute approximate surface area is 159 Å². The summed E-state index contributed by atoms with van der Waals surface area (Å²) in [5.41, 5.74) is 0.541. The Morgan fingerprint density at radius 2 is 2.04 bits per heavy atom. The second kappa shape index (κ2) is 10.3. The first-order valence-corrected chi connectivity index (χ1v) is 9.32. The van der Waals surface area contributed by atoms with Gasteiger partial charge in [0.05, 0.1) is 6.54 Å². The van der Waals surface area contributed by atoms with E-state index >= 15 is 0 Å². The average molecular weight is 433 g/mol. The Morgan fingerprint density at radius 1 is 1.31 bits per heavy atom. The molecule has 0 saturated heterocycles. The quantitative estimate of drug-likeness (QED) is 0.318. The number of nitrogens with zero attached hydrogens (tertiary/aromatic N) is 1. The fourth-order valence-electron chi connectivity index (χ4n) is 2.24. The molecule has 6 nitrogen and oxygen atoms in total. The molecule has 1 fully saturated rings. The van der Waals surface area contributed by atoms with Gasteiger partial charge in [-0.05, 0) is 38.0 Å². The molecule has 1 aliphatic rings. The van der Waals surface area contributed by atoms with Crippen molar-refractivity contribution in [2.24, 2.45) is 10.9 Å². The lowest BCUT2D eigenvalue weighted by atomic mass is 10.2. The molecule has 0 radical (unpaired) electrons. The highest BCUT2D eigenvalue weighted by atomic mass is 79.9. The van der Waals surface area contributed by atoms with Crippen molar-refractivity contribution in [2.45, 2.75) is 32.9 Å². The minimum absolute atomic E-state index is 0.0941. The van der Waals surface area contributed by atoms with Gasteiger partial charge in [0, 0.05) is 35.6 Å². The van der Waals surface area contributed by atoms with E-state index in [0.717, 1.165) is 17.3 Å². The fraction of sp³-hybridized carbons (Fsp3) is 0.529. The molecule has 0 aliphatic heterocycles. The molecule has 1 aromatic rings. The van der Waals surface area contributed by atoms with Crippen molar-refractivity contribution < 1.29 is 18.3 Å². The zero-order valence-electron chi connectivity index (χ0n) is 14.5. The number of aliphatic imine (C=N–C) groups is 1. The molecule has 1 amide bonds. The molecular formula is C17H23BrF2N4O2. The minimum Gasteiger partial charge on any atom is -0.434 e. The van der Waals surface area contributed by atoms with Crippen molar-refractivity contribution >= 4 is 27.8 Å². The van der Waals surface area contributed by atoms with Crippen LogP contribution in [-0.2, 0) is 11.3 Å². The summed E-state index contributed by atoms with van der Waals surface area (Å²) in [6.45, 7) is 0.876. The summed E-state index contributed by atoms with van der Waals surface area (Å²) in [6.07, 6.45) is 1.94. The summed E-state index contributed by atoms with van der Waals surface area (Å²) in [5, 5.41) is 9.04. The number of rotatable bonds is 9. The van der Waals surface area contributed by atoms with E-state index in [-0.39, 0.29) is 24.1 Å². The Hall–Kier alpha value is -1.90. The standard InChI is InChI=1S/C17H23BrF2N4O2/c1-2-21-17(23-8-7-22-15(25)11-3-4-11)24-10-12-9-13(18)5-6-14(12)26-16(19)20/h5-6,9,11,16H,2-4,7-8,10H2,1H3,(H,22,25)(H2,21,23,24). The third-order valence-electron chi connectivity index (χ3n) is 3.66. The first kappa shape index (κ1) is 20.4. The lowest BCUT2D eigenvalue weighted by Gasteiger charge is -2.13. The van der Waals surface area contributed by atoms with E-state index in [0.29, 0.717) is 31.2 Å². The first-order chi connectivity index (χ1) is 12.5. The highest BCUT2D eigenvalue weighted by Crippen LogP contribution is 2.28. The maximum absolute atomic E-state index is 12.5. The SMILES string of the molecule is CCNC(=NCc1cc(Br)ccc1OC(F)F)NCCNC(=O)C1CC1. The van der Waals surface area contributed by atoms with Gasteiger partial charge in [-0.1, -0.05) is 15.9 Å². The van der Waals surface area contributed by atoms with E-state index in [1.165, 1.54) is 6.07 Å². The number of alkyl halides is 2. The number of carbonyl (C=O) groups excluding carboxylic acids is 1. The number of halogens is 3. The molecule has 3 N–H and O–H groups in total. The van der Waals surface area contributed by atoms with Crippen molar-refractivity contribution in [3.63, 3.8) is 0 Å². The van der Waals surface area contributed by atoms with Gasteiger partial charge in [-0.2, -0.15) is 8.78 Å². The molecule has 0 unspecified atom stereocenters. The van der Waals surface area contributed by atoms with Crippen LogP contribution < -0.4 is 20.7 Å². The molecular weight excluding hydrogens is 410 g/mol. The van der Waals surface area contributed by atoms with Crippen LogP contribution in [0.5, 0.6) is 5.75 Å². The summed E-state index contributed by atoms with van der Waals surface area (Å²) in [4.78, 5) is 16.0. The van der Waals surface area contributed by atoms with E-state index < -0.39 is 6.61 Å². The van der Waals surface area contributed by atoms with Gasteiger partial charge in [-0.15, -0.1) is 0 Å². The predicted octanol–water partition coefficient (Wildman–Crippen LogP) is 2.63. The zero-order valence-corrected chi connectivity index (χ0v) is 16.1. The minimum atomic E-state index is -2.89. The number of carbonyl (C=O) groups is 1. The van der Waals surface area contributed by atoms with E-state index in [1.807, 2.05) is 6.92 Å². The van der Waals surface area contributed by atoms with Gasteiger partial charge in [0.25, 0.3) is 0 Å². The lowest BCUT2D eigenvalue weighted by molar-refractivity contribution is -0.122. The largest absolute Gasteiger partial charge is 0.434 e. The van der Waals surface area contributed by atoms with E-state index in [4.69, 9.17) is 0 Å². The van der Waals surface area contributed by atoms with Gasteiger partial charge in [0.15, 0.2) is 5.96 Å². The molecule has 1 aromatic carbocycles. The van der Waals surface area contributed by atoms with Gasteiger partial charge >= 0.3 is 6.61 Å². The molecule has 26 heavy (non-hydrogen) atoms. The zero-order chi connectivity index (χ0) is 18.9. The van der Waals surface area contributed by atoms with Crippen LogP contribution in [0.25, 0.3) is 0 Å². The Balaban J connectivity index is 1.90. The predicted molar refractivity (Wildman–Crippen MR) is 99.3 cm³/mol. The van der Waals surface area contributed by atoms with Gasteiger partial charge in [0.2, 0.25) is 5.91 Å². The third kappa shape index (κ3) is 7.15. The number of ether oxygens (including phenoxy) is 1. The molecule has 0 spiro atoms. The Morgan fingerprint density at radius 3 is 2.69 bits per heavy atom. The maximum atomic E-state index is 12.5. The van der Waals surface area contributed by atoms with Crippen LogP contribution in [0.1, 0.15) is 25.3 Å². The molecule has 9 heteroatoms. The van der Waals surface area contributed by atoms with E-state index in [2.05, 4.69) is 41.6 Å². The van der Waals surface area contributed by atoms with Crippen LogP contribution in [0.2, 0.25) is 0 Å². The summed E-state index contributed by atoms with van der Waals surface area (Å²) in [5.74, 6) is 0.911. The van der Waals surface area contributed by atoms with Gasteiger partial charge in [0.1, 0.15) is 5.75 Å². The molecule has 0 heterocycles. The highest BCUT2D eigenvalue weighted by molar-refractivity contribution is 9.10. The monoisotopic (exact) mass is 432 g/mol. The number of benzene rings is 1. The Kier molecular flexibility index (Phi) is 8.08. The molecule has 0 bridgehead atoms. The van der Waals surface area contributed by atoms with Crippen molar-refractivity contribution in [3.05, 3.63) is 28.2 Å². The summed E-state index contributed by atoms with van der Waals surface area (Å²) in [7, 11) is 0. The molecule has 1 saturated carbocycles. The van der Waals surface area contributed by atoms with Crippen LogP contribution in [0.15, 0.2) is 27.7 Å². The number of hydrogen-bond donors (Lipinski definition) is 3. The highest BCUT2D eigenvalue weighted by Gasteiger charge is 2.28. The van der Waals surface area contributed by atoms with Crippen LogP contribution in [0.4, 0.5) is 8.78 Å². The number of amides is 1. The van der Waals surface area contributed by atoms with Crippen molar-refractivity contribution in [3.8, 4) is 5.75 Å². The molecule has 2 rings (SSSR count). The molecule has 1 aliphatic carbocycles. The first-order valence-electron chi connectivity index (χ1n) is 8.52. The normalized spacial score (nSPS) is 14.3. The number of guanidine groups is 1. The average Bonchev–Trinajstić information content (AvgIpc) is 3.43. The van der Waals surface area contributed by atoms with Crippen molar-refractivity contribution in [1.82, 2.24) is 16.0 Å². The Bertz CT molecular complexity index is 639. The van der Waals surface area contributed by atoms with Gasteiger partial charge in [-0.25, -0.2) is 4.99 Å². The summed E-state index contributed by atoms with van der Waals surface area (Å²) < 4.78 is 30.3. The van der Waals surface area contributed by atoms with Gasteiger partial charge in [-0.3, -0.25) is 4.79 Å². The number of hydrogen-bond acceptors (Lipinski definition) is 3. The number of nitrogens with one attached hydrogen (secondary N) is 3. The van der Waals surface area contributed by atoms with Crippen LogP contribution in [0.3, 0.4) is 0 Å². The second-order valence-corrected chi connectivity index (χ2v) is 6.73. The second-order valence-electron chi connectivity index (χ2n) is 5.82. The van der Waals surface area contributed by atoms with E-state index in [1.54, 1.807) is 12.1 Å². The van der Waals surface area contributed by atoms with Gasteiger partial charge < -0.3 is 20.7 Å². The fourth-order valence-corrected chi connectivity index (χ4v) is 2.65. The van der Waals surface area contributed by atoms with E-state index in [9.17, 15) is 13.6 Å². The smallest absolute Gasteiger partial charge is 0.387 e. The summed E-state index contributed by atoms with van der Waals surface area (Å²) in [6, 6.07) is 4.81. The van der Waals surface area contributed by atoms with Crippen LogP contribution in [0, 0.1) is 5.92 Å². The lowest BCUT2D eigenvalue weighted by Crippen LogP contribution is -2.41. The van der Waals surface area contributed by atoms with Crippen LogP contribution >= 0.6 is 15.9 Å². The molecule has 0 aromatic heterocycles. The molecule has 144 valence electrons. The van der Waals surface area contributed by atoms with Crippen molar-refractivity contribution in [2.75, 3.05) is 19.6 Å². The maximum Gasteiger partial charge on any atom is 0.387 e. The summed E-state index contributed by atoms with van der Waals surface area (Å²) >= 11 is 3.32. The van der Waals surface area contributed by atoms with Crippen LogP contribution in [-0.4, -0.2) is 38.1 Å². The topological polar surface area (TPSA) is 74.8 Å². The molecule has 0 atom stereocenters. The third-order valence-corrected chi connectivity index (χ3v) is 4.15.